The average molecular weight is 406 g/mol. The van der Waals surface area contributed by atoms with Crippen LogP contribution < -0.4 is 5.32 Å². The highest BCUT2D eigenvalue weighted by Gasteiger charge is 2.16. The van der Waals surface area contributed by atoms with E-state index < -0.39 is 0 Å². The molecule has 3 aromatic heterocycles. The molecule has 0 saturated heterocycles. The van der Waals surface area contributed by atoms with Crippen molar-refractivity contribution in [1.82, 2.24) is 15.3 Å². The van der Waals surface area contributed by atoms with Crippen LogP contribution in [0, 0.1) is 20.8 Å². The van der Waals surface area contributed by atoms with Crippen LogP contribution in [-0.2, 0) is 11.3 Å². The third kappa shape index (κ3) is 4.13. The number of carbonyl (C=O) groups excluding carboxylic acids is 2. The van der Waals surface area contributed by atoms with Crippen LogP contribution in [-0.4, -0.2) is 27.4 Å². The van der Waals surface area contributed by atoms with Gasteiger partial charge in [-0.25, -0.2) is 9.97 Å². The van der Waals surface area contributed by atoms with Crippen LogP contribution in [0.1, 0.15) is 37.7 Å². The molecule has 26 heavy (non-hydrogen) atoms. The summed E-state index contributed by atoms with van der Waals surface area (Å²) in [5.41, 5.74) is 1.19. The van der Waals surface area contributed by atoms with Crippen LogP contribution in [0.2, 0.25) is 0 Å². The molecule has 5 nitrogen and oxygen atoms in total. The minimum atomic E-state index is -0.0774. The Hall–Kier alpha value is -1.77. The largest absolute Gasteiger partial charge is 0.351 e. The van der Waals surface area contributed by atoms with E-state index in [1.807, 2.05) is 19.1 Å². The van der Waals surface area contributed by atoms with E-state index in [0.717, 1.165) is 25.9 Å². The number of hydrogen-bond acceptors (Lipinski definition) is 7. The number of rotatable bonds is 6. The van der Waals surface area contributed by atoms with Gasteiger partial charge in [0, 0.05) is 22.1 Å². The lowest BCUT2D eigenvalue weighted by molar-refractivity contribution is -0.119. The van der Waals surface area contributed by atoms with Crippen molar-refractivity contribution in [3.8, 4) is 0 Å². The fourth-order valence-electron chi connectivity index (χ4n) is 2.46. The molecule has 0 spiro atoms. The highest BCUT2D eigenvalue weighted by molar-refractivity contribution is 8.00. The lowest BCUT2D eigenvalue weighted by atomic mass is 10.2. The summed E-state index contributed by atoms with van der Waals surface area (Å²) in [6, 6.07) is 3.71. The molecule has 3 aromatic rings. The molecule has 0 aromatic carbocycles. The van der Waals surface area contributed by atoms with E-state index >= 15 is 0 Å². The van der Waals surface area contributed by atoms with Crippen molar-refractivity contribution in [2.45, 2.75) is 39.3 Å². The predicted molar refractivity (Wildman–Crippen MR) is 109 cm³/mol. The number of Topliss-reactive ketones (excluding diaryl/α,β-unsaturated/α-hetero) is 1. The third-order valence-corrected chi connectivity index (χ3v) is 7.10. The second kappa shape index (κ2) is 7.85. The first-order valence-electron chi connectivity index (χ1n) is 8.08. The van der Waals surface area contributed by atoms with Crippen LogP contribution in [0.25, 0.3) is 10.2 Å². The number of amides is 1. The normalized spacial score (nSPS) is 11.1. The number of aromatic nitrogens is 2. The Morgan fingerprint density at radius 1 is 1.15 bits per heavy atom. The van der Waals surface area contributed by atoms with Crippen molar-refractivity contribution in [2.75, 3.05) is 5.75 Å². The van der Waals surface area contributed by atoms with E-state index in [2.05, 4.69) is 29.1 Å². The zero-order chi connectivity index (χ0) is 18.8. The number of thioether (sulfide) groups is 1. The molecule has 3 rings (SSSR count). The fourth-order valence-corrected chi connectivity index (χ4v) is 5.59. The Balaban J connectivity index is 1.74. The standard InChI is InChI=1S/C18H19N3O2S3/c1-9-10(2)25-18-16(9)17(20-11(3)21-18)24-8-14(23)15-6-5-13(26-15)7-19-12(4)22/h5-6H,7-8H2,1-4H3,(H,19,22). The number of ketones is 1. The molecule has 0 aliphatic rings. The van der Waals surface area contributed by atoms with Gasteiger partial charge in [-0.15, -0.1) is 22.7 Å². The highest BCUT2D eigenvalue weighted by atomic mass is 32.2. The van der Waals surface area contributed by atoms with Gasteiger partial charge in [0.25, 0.3) is 0 Å². The first-order valence-corrected chi connectivity index (χ1v) is 10.7. The molecule has 0 atom stereocenters. The van der Waals surface area contributed by atoms with Crippen molar-refractivity contribution < 1.29 is 9.59 Å². The quantitative estimate of drug-likeness (QED) is 0.376. The molecule has 0 bridgehead atoms. The number of hydrogen-bond donors (Lipinski definition) is 1. The van der Waals surface area contributed by atoms with Crippen molar-refractivity contribution in [1.29, 1.82) is 0 Å². The van der Waals surface area contributed by atoms with Gasteiger partial charge in [-0.1, -0.05) is 11.8 Å². The topological polar surface area (TPSA) is 72.0 Å². The number of nitrogens with one attached hydrogen (secondary N) is 1. The van der Waals surface area contributed by atoms with Crippen molar-refractivity contribution in [3.05, 3.63) is 38.2 Å². The third-order valence-electron chi connectivity index (χ3n) is 3.90. The molecule has 0 aliphatic carbocycles. The van der Waals surface area contributed by atoms with E-state index in [1.54, 1.807) is 11.3 Å². The Kier molecular flexibility index (Phi) is 5.74. The van der Waals surface area contributed by atoms with Crippen molar-refractivity contribution in [2.24, 2.45) is 0 Å². The van der Waals surface area contributed by atoms with Gasteiger partial charge >= 0.3 is 0 Å². The smallest absolute Gasteiger partial charge is 0.217 e. The Bertz CT molecular complexity index is 991. The maximum absolute atomic E-state index is 12.5. The van der Waals surface area contributed by atoms with Gasteiger partial charge in [-0.2, -0.15) is 0 Å². The summed E-state index contributed by atoms with van der Waals surface area (Å²) in [7, 11) is 0. The zero-order valence-corrected chi connectivity index (χ0v) is 17.5. The number of thiophene rings is 2. The summed E-state index contributed by atoms with van der Waals surface area (Å²) in [5.74, 6) is 1.05. The second-order valence-corrected chi connectivity index (χ2v) is 9.26. The number of carbonyl (C=O) groups is 2. The van der Waals surface area contributed by atoms with Crippen LogP contribution in [0.5, 0.6) is 0 Å². The lowest BCUT2D eigenvalue weighted by Gasteiger charge is -2.04. The van der Waals surface area contributed by atoms with Crippen LogP contribution in [0.4, 0.5) is 0 Å². The highest BCUT2D eigenvalue weighted by Crippen LogP contribution is 2.35. The van der Waals surface area contributed by atoms with E-state index in [9.17, 15) is 9.59 Å². The van der Waals surface area contributed by atoms with Gasteiger partial charge in [-0.05, 0) is 38.5 Å². The Morgan fingerprint density at radius 2 is 1.92 bits per heavy atom. The van der Waals surface area contributed by atoms with E-state index in [1.165, 1.54) is 40.5 Å². The molecule has 0 fully saturated rings. The molecule has 8 heteroatoms. The van der Waals surface area contributed by atoms with Gasteiger partial charge in [0.05, 0.1) is 17.2 Å². The van der Waals surface area contributed by atoms with Gasteiger partial charge in [0.1, 0.15) is 15.7 Å². The minimum absolute atomic E-state index is 0.0723. The molecule has 3 heterocycles. The SMILES string of the molecule is CC(=O)NCc1ccc(C(=O)CSc2nc(C)nc3sc(C)c(C)c23)s1. The van der Waals surface area contributed by atoms with E-state index in [4.69, 9.17) is 0 Å². The molecule has 136 valence electrons. The van der Waals surface area contributed by atoms with Gasteiger partial charge < -0.3 is 5.32 Å². The summed E-state index contributed by atoms with van der Waals surface area (Å²) in [5, 5.41) is 4.68. The molecular weight excluding hydrogens is 386 g/mol. The average Bonchev–Trinajstić information content (AvgIpc) is 3.16. The summed E-state index contributed by atoms with van der Waals surface area (Å²) in [4.78, 5) is 36.5. The van der Waals surface area contributed by atoms with Gasteiger partial charge in [0.15, 0.2) is 5.78 Å². The van der Waals surface area contributed by atoms with Crippen molar-refractivity contribution >= 4 is 56.3 Å². The van der Waals surface area contributed by atoms with E-state index in [-0.39, 0.29) is 11.7 Å². The molecule has 0 saturated carbocycles. The van der Waals surface area contributed by atoms with Crippen LogP contribution in [0.15, 0.2) is 17.2 Å². The Morgan fingerprint density at radius 3 is 2.65 bits per heavy atom. The first kappa shape index (κ1) is 19.0. The predicted octanol–water partition coefficient (Wildman–Crippen LogP) is 4.29. The van der Waals surface area contributed by atoms with Crippen LogP contribution >= 0.6 is 34.4 Å². The van der Waals surface area contributed by atoms with Gasteiger partial charge in [-0.3, -0.25) is 9.59 Å². The Labute approximate surface area is 164 Å². The number of nitrogens with zero attached hydrogens (tertiary/aromatic N) is 2. The number of aryl methyl sites for hydroxylation is 3. The van der Waals surface area contributed by atoms with Crippen LogP contribution in [0.3, 0.4) is 0 Å². The molecule has 1 amide bonds. The summed E-state index contributed by atoms with van der Waals surface area (Å²) < 4.78 is 0. The van der Waals surface area contributed by atoms with Gasteiger partial charge in [0.2, 0.25) is 5.91 Å². The second-order valence-electron chi connectivity index (χ2n) is 5.93. The molecule has 0 radical (unpaired) electrons. The maximum Gasteiger partial charge on any atom is 0.217 e. The fraction of sp³-hybridized carbons (Fsp3) is 0.333. The zero-order valence-electron chi connectivity index (χ0n) is 15.0. The number of fused-ring (bicyclic) bond motifs is 1. The summed E-state index contributed by atoms with van der Waals surface area (Å²) >= 11 is 4.56. The first-order chi connectivity index (χ1) is 12.3. The molecule has 0 unspecified atom stereocenters. The molecular formula is C18H19N3O2S3. The molecule has 1 N–H and O–H groups in total. The van der Waals surface area contributed by atoms with E-state index in [0.29, 0.717) is 17.2 Å². The molecule has 0 aliphatic heterocycles. The summed E-state index contributed by atoms with van der Waals surface area (Å²) in [6.07, 6.45) is 0. The maximum atomic E-state index is 12.5. The summed E-state index contributed by atoms with van der Waals surface area (Å²) in [6.45, 7) is 7.98. The minimum Gasteiger partial charge on any atom is -0.351 e. The lowest BCUT2D eigenvalue weighted by Crippen LogP contribution is -2.18. The van der Waals surface area contributed by atoms with Crippen molar-refractivity contribution in [3.63, 3.8) is 0 Å². The monoisotopic (exact) mass is 405 g/mol.